The van der Waals surface area contributed by atoms with E-state index in [-0.39, 0.29) is 11.8 Å². The van der Waals surface area contributed by atoms with Gasteiger partial charge in [-0.25, -0.2) is 17.7 Å². The minimum atomic E-state index is -3.14. The molecule has 9 heteroatoms. The largest absolute Gasteiger partial charge is 0.355 e. The van der Waals surface area contributed by atoms with Crippen LogP contribution in [0, 0.1) is 5.92 Å². The van der Waals surface area contributed by atoms with Crippen molar-refractivity contribution in [3.05, 3.63) is 23.5 Å². The molecule has 7 nitrogen and oxygen atoms in total. The molecule has 1 fully saturated rings. The van der Waals surface area contributed by atoms with Crippen molar-refractivity contribution < 1.29 is 13.2 Å². The molecule has 0 atom stereocenters. The van der Waals surface area contributed by atoms with Gasteiger partial charge < -0.3 is 5.32 Å². The lowest BCUT2D eigenvalue weighted by atomic mass is 9.97. The number of nitrogens with zero attached hydrogens (tertiary/aromatic N) is 3. The van der Waals surface area contributed by atoms with E-state index in [0.717, 1.165) is 10.7 Å². The molecule has 3 rings (SSSR count). The maximum absolute atomic E-state index is 12.2. The molecule has 0 aromatic carbocycles. The molecule has 1 aliphatic heterocycles. The van der Waals surface area contributed by atoms with Gasteiger partial charge >= 0.3 is 0 Å². The summed E-state index contributed by atoms with van der Waals surface area (Å²) in [7, 11) is -3.14. The van der Waals surface area contributed by atoms with Gasteiger partial charge in [-0.05, 0) is 12.8 Å². The zero-order valence-corrected chi connectivity index (χ0v) is 14.6. The van der Waals surface area contributed by atoms with Crippen LogP contribution in [0.4, 0.5) is 0 Å². The Morgan fingerprint density at radius 3 is 2.83 bits per heavy atom. The van der Waals surface area contributed by atoms with Crippen LogP contribution in [0.5, 0.6) is 0 Å². The molecule has 3 heterocycles. The molecule has 1 saturated heterocycles. The van der Waals surface area contributed by atoms with Crippen LogP contribution in [0.25, 0.3) is 4.96 Å². The van der Waals surface area contributed by atoms with Crippen molar-refractivity contribution in [3.63, 3.8) is 0 Å². The quantitative estimate of drug-likeness (QED) is 0.856. The highest BCUT2D eigenvalue weighted by Gasteiger charge is 2.28. The van der Waals surface area contributed by atoms with Gasteiger partial charge in [0.15, 0.2) is 4.96 Å². The number of hydrogen-bond donors (Lipinski definition) is 1. The van der Waals surface area contributed by atoms with E-state index in [2.05, 4.69) is 10.3 Å². The molecule has 0 radical (unpaired) electrons. The number of fused-ring (bicyclic) bond motifs is 1. The number of thiazole rings is 1. The second kappa shape index (κ2) is 6.58. The van der Waals surface area contributed by atoms with Gasteiger partial charge in [-0.1, -0.05) is 0 Å². The van der Waals surface area contributed by atoms with Gasteiger partial charge in [-0.2, -0.15) is 0 Å². The molecule has 2 aromatic rings. The summed E-state index contributed by atoms with van der Waals surface area (Å²) in [5, 5.41) is 4.92. The lowest BCUT2D eigenvalue weighted by molar-refractivity contribution is -0.126. The van der Waals surface area contributed by atoms with Gasteiger partial charge in [0.25, 0.3) is 0 Å². The fourth-order valence-corrected chi connectivity index (χ4v) is 4.40. The van der Waals surface area contributed by atoms with Crippen LogP contribution in [0.3, 0.4) is 0 Å². The van der Waals surface area contributed by atoms with Crippen molar-refractivity contribution in [2.24, 2.45) is 5.92 Å². The number of hydrogen-bond acceptors (Lipinski definition) is 5. The normalized spacial score (nSPS) is 17.6. The first-order chi connectivity index (χ1) is 10.9. The number of carbonyl (C=O) groups is 1. The van der Waals surface area contributed by atoms with E-state index < -0.39 is 10.0 Å². The first kappa shape index (κ1) is 16.4. The van der Waals surface area contributed by atoms with Gasteiger partial charge in [-0.3, -0.25) is 9.20 Å². The van der Waals surface area contributed by atoms with E-state index in [4.69, 9.17) is 0 Å². The second-order valence-electron chi connectivity index (χ2n) is 5.80. The topological polar surface area (TPSA) is 83.8 Å². The van der Waals surface area contributed by atoms with Crippen LogP contribution in [0.1, 0.15) is 18.5 Å². The van der Waals surface area contributed by atoms with E-state index in [1.165, 1.54) is 10.6 Å². The number of piperidine rings is 1. The third-order valence-electron chi connectivity index (χ3n) is 4.12. The number of sulfonamides is 1. The van der Waals surface area contributed by atoms with Crippen molar-refractivity contribution in [2.45, 2.75) is 19.3 Å². The molecule has 1 N–H and O–H groups in total. The van der Waals surface area contributed by atoms with Gasteiger partial charge in [-0.15, -0.1) is 11.3 Å². The Bertz CT molecular complexity index is 759. The number of aromatic nitrogens is 2. The van der Waals surface area contributed by atoms with Gasteiger partial charge in [0.2, 0.25) is 15.9 Å². The predicted molar refractivity (Wildman–Crippen MR) is 88.9 cm³/mol. The summed E-state index contributed by atoms with van der Waals surface area (Å²) < 4.78 is 26.3. The number of carbonyl (C=O) groups excluding carboxylic acids is 1. The van der Waals surface area contributed by atoms with Crippen LogP contribution >= 0.6 is 11.3 Å². The summed E-state index contributed by atoms with van der Waals surface area (Å²) in [5.41, 5.74) is 0.962. The summed E-state index contributed by atoms with van der Waals surface area (Å²) in [5.74, 6) is -0.0855. The zero-order chi connectivity index (χ0) is 16.4. The Labute approximate surface area is 139 Å². The highest BCUT2D eigenvalue weighted by Crippen LogP contribution is 2.19. The summed E-state index contributed by atoms with van der Waals surface area (Å²) >= 11 is 1.58. The van der Waals surface area contributed by atoms with Crippen molar-refractivity contribution in [2.75, 3.05) is 25.9 Å². The van der Waals surface area contributed by atoms with Crippen LogP contribution in [-0.2, 0) is 21.2 Å². The molecule has 0 saturated carbocycles. The fraction of sp³-hybridized carbons (Fsp3) is 0.571. The Balaban J connectivity index is 1.44. The molecule has 0 spiro atoms. The average Bonchev–Trinajstić information content (AvgIpc) is 3.07. The van der Waals surface area contributed by atoms with Gasteiger partial charge in [0, 0.05) is 49.7 Å². The molecule has 126 valence electrons. The number of rotatable bonds is 5. The van der Waals surface area contributed by atoms with Crippen LogP contribution in [-0.4, -0.2) is 53.9 Å². The van der Waals surface area contributed by atoms with E-state index >= 15 is 0 Å². The molecular formula is C14H20N4O3S2. The smallest absolute Gasteiger partial charge is 0.223 e. The van der Waals surface area contributed by atoms with Crippen LogP contribution in [0.2, 0.25) is 0 Å². The lowest BCUT2D eigenvalue weighted by Crippen LogP contribution is -2.42. The average molecular weight is 356 g/mol. The van der Waals surface area contributed by atoms with E-state index in [1.54, 1.807) is 11.3 Å². The maximum atomic E-state index is 12.2. The van der Waals surface area contributed by atoms with Crippen LogP contribution < -0.4 is 5.32 Å². The number of nitrogens with one attached hydrogen (secondary N) is 1. The predicted octanol–water partition coefficient (Wildman–Crippen LogP) is 0.726. The van der Waals surface area contributed by atoms with E-state index in [9.17, 15) is 13.2 Å². The van der Waals surface area contributed by atoms with E-state index in [0.29, 0.717) is 38.9 Å². The standard InChI is InChI=1S/C14H20N4O3S2/c1-23(20,21)18-6-3-11(4-7-18)13(19)15-5-2-12-10-17-8-9-22-14(17)16-12/h8-11H,2-7H2,1H3,(H,15,19). The highest BCUT2D eigenvalue weighted by molar-refractivity contribution is 7.88. The van der Waals surface area contributed by atoms with E-state index in [1.807, 2.05) is 22.2 Å². The Hall–Kier alpha value is -1.45. The van der Waals surface area contributed by atoms with Gasteiger partial charge in [0.05, 0.1) is 11.9 Å². The molecule has 1 amide bonds. The third-order valence-corrected chi connectivity index (χ3v) is 6.19. The molecule has 0 bridgehead atoms. The van der Waals surface area contributed by atoms with Crippen molar-refractivity contribution in [3.8, 4) is 0 Å². The molecular weight excluding hydrogens is 336 g/mol. The van der Waals surface area contributed by atoms with Crippen LogP contribution in [0.15, 0.2) is 17.8 Å². The number of imidazole rings is 1. The Morgan fingerprint density at radius 1 is 1.43 bits per heavy atom. The number of amides is 1. The monoisotopic (exact) mass is 356 g/mol. The SMILES string of the molecule is CS(=O)(=O)N1CCC(C(=O)NCCc2cn3ccsc3n2)CC1. The zero-order valence-electron chi connectivity index (χ0n) is 12.9. The third kappa shape index (κ3) is 3.91. The summed E-state index contributed by atoms with van der Waals surface area (Å²) in [6, 6.07) is 0. The van der Waals surface area contributed by atoms with Crippen molar-refractivity contribution in [1.29, 1.82) is 0 Å². The highest BCUT2D eigenvalue weighted by atomic mass is 32.2. The minimum absolute atomic E-state index is 0.0131. The minimum Gasteiger partial charge on any atom is -0.355 e. The first-order valence-corrected chi connectivity index (χ1v) is 10.3. The molecule has 23 heavy (non-hydrogen) atoms. The first-order valence-electron chi connectivity index (χ1n) is 7.57. The molecule has 0 aliphatic carbocycles. The maximum Gasteiger partial charge on any atom is 0.223 e. The lowest BCUT2D eigenvalue weighted by Gasteiger charge is -2.29. The summed E-state index contributed by atoms with van der Waals surface area (Å²) in [4.78, 5) is 17.6. The molecule has 0 unspecified atom stereocenters. The fourth-order valence-electron chi connectivity index (χ4n) is 2.80. The second-order valence-corrected chi connectivity index (χ2v) is 8.66. The van der Waals surface area contributed by atoms with Crippen molar-refractivity contribution >= 4 is 32.2 Å². The Morgan fingerprint density at radius 2 is 2.17 bits per heavy atom. The molecule has 2 aromatic heterocycles. The van der Waals surface area contributed by atoms with Crippen molar-refractivity contribution in [1.82, 2.24) is 19.0 Å². The summed E-state index contributed by atoms with van der Waals surface area (Å²) in [6.45, 7) is 1.40. The Kier molecular flexibility index (Phi) is 4.69. The summed E-state index contributed by atoms with van der Waals surface area (Å²) in [6.07, 6.45) is 7.01. The van der Waals surface area contributed by atoms with Gasteiger partial charge in [0.1, 0.15) is 0 Å². The molecule has 1 aliphatic rings.